The van der Waals surface area contributed by atoms with Gasteiger partial charge < -0.3 is 15.2 Å². The van der Waals surface area contributed by atoms with Crippen molar-refractivity contribution in [3.05, 3.63) is 30.5 Å². The molecule has 1 fully saturated rings. The summed E-state index contributed by atoms with van der Waals surface area (Å²) in [6.07, 6.45) is 3.99. The molecule has 4 nitrogen and oxygen atoms in total. The molecule has 1 aromatic heterocycles. The third-order valence-corrected chi connectivity index (χ3v) is 4.31. The van der Waals surface area contributed by atoms with E-state index in [9.17, 15) is 4.79 Å². The van der Waals surface area contributed by atoms with E-state index in [1.807, 2.05) is 6.07 Å². The Balaban J connectivity index is 0.00000144. The van der Waals surface area contributed by atoms with E-state index in [0.29, 0.717) is 5.92 Å². The number of hydrogen-bond acceptors (Lipinski definition) is 2. The molecule has 1 aliphatic rings. The molecule has 1 aliphatic heterocycles. The first kappa shape index (κ1) is 20.8. The largest absolute Gasteiger partial charge is 0.347 e. The molecular formula is C18H27Cl2N3O. The van der Waals surface area contributed by atoms with Crippen LogP contribution in [-0.2, 0) is 11.3 Å². The van der Waals surface area contributed by atoms with Crippen molar-refractivity contribution in [2.24, 2.45) is 11.8 Å². The van der Waals surface area contributed by atoms with E-state index in [2.05, 4.69) is 53.4 Å². The van der Waals surface area contributed by atoms with Crippen LogP contribution in [0, 0.1) is 11.8 Å². The molecule has 1 saturated heterocycles. The summed E-state index contributed by atoms with van der Waals surface area (Å²) >= 11 is 0. The second-order valence-electron chi connectivity index (χ2n) is 6.65. The number of piperidine rings is 1. The molecular weight excluding hydrogens is 345 g/mol. The Morgan fingerprint density at radius 3 is 2.62 bits per heavy atom. The number of anilines is 1. The van der Waals surface area contributed by atoms with Gasteiger partial charge in [0.25, 0.3) is 0 Å². The van der Waals surface area contributed by atoms with E-state index in [-0.39, 0.29) is 36.6 Å². The highest BCUT2D eigenvalue weighted by Gasteiger charge is 2.20. The zero-order valence-electron chi connectivity index (χ0n) is 14.2. The Labute approximate surface area is 156 Å². The lowest BCUT2D eigenvalue weighted by Crippen LogP contribution is -2.34. The number of amides is 1. The molecule has 24 heavy (non-hydrogen) atoms. The van der Waals surface area contributed by atoms with Gasteiger partial charge in [-0.3, -0.25) is 4.79 Å². The van der Waals surface area contributed by atoms with Crippen LogP contribution in [-0.4, -0.2) is 23.6 Å². The number of rotatable bonds is 4. The summed E-state index contributed by atoms with van der Waals surface area (Å²) in [6.45, 7) is 7.34. The van der Waals surface area contributed by atoms with Gasteiger partial charge in [0.2, 0.25) is 5.91 Å². The molecule has 2 heterocycles. The van der Waals surface area contributed by atoms with Crippen LogP contribution in [0.3, 0.4) is 0 Å². The Morgan fingerprint density at radius 2 is 1.96 bits per heavy atom. The molecule has 134 valence electrons. The molecule has 1 amide bonds. The highest BCUT2D eigenvalue weighted by Crippen LogP contribution is 2.23. The summed E-state index contributed by atoms with van der Waals surface area (Å²) in [5.74, 6) is 0.917. The normalized spacial score (nSPS) is 15.0. The lowest BCUT2D eigenvalue weighted by atomic mass is 9.97. The molecule has 0 unspecified atom stereocenters. The molecule has 3 rings (SSSR count). The Morgan fingerprint density at radius 1 is 1.25 bits per heavy atom. The fraction of sp³-hybridized carbons (Fsp3) is 0.500. The van der Waals surface area contributed by atoms with Crippen molar-refractivity contribution in [2.75, 3.05) is 18.4 Å². The second kappa shape index (κ2) is 9.30. The molecule has 0 atom stereocenters. The highest BCUT2D eigenvalue weighted by molar-refractivity contribution is 5.95. The number of hydrogen-bond donors (Lipinski definition) is 2. The van der Waals surface area contributed by atoms with Crippen molar-refractivity contribution < 1.29 is 4.79 Å². The van der Waals surface area contributed by atoms with Crippen molar-refractivity contribution in [3.63, 3.8) is 0 Å². The standard InChI is InChI=1S/C18H25N3O.2ClH/c1-13(2)12-21-10-7-15-11-16(3-4-17(15)21)20-18(22)14-5-8-19-9-6-14;;/h3-4,7,10-11,13-14,19H,5-6,8-9,12H2,1-2H3,(H,20,22);2*1H. The maximum absolute atomic E-state index is 12.3. The topological polar surface area (TPSA) is 46.1 Å². The third-order valence-electron chi connectivity index (χ3n) is 4.31. The quantitative estimate of drug-likeness (QED) is 0.850. The average Bonchev–Trinajstić information content (AvgIpc) is 2.90. The maximum Gasteiger partial charge on any atom is 0.227 e. The number of nitrogens with one attached hydrogen (secondary N) is 2. The summed E-state index contributed by atoms with van der Waals surface area (Å²) in [4.78, 5) is 12.3. The molecule has 0 spiro atoms. The lowest BCUT2D eigenvalue weighted by Gasteiger charge is -2.21. The molecule has 0 bridgehead atoms. The van der Waals surface area contributed by atoms with E-state index in [1.165, 1.54) is 10.9 Å². The fourth-order valence-electron chi connectivity index (χ4n) is 3.16. The van der Waals surface area contributed by atoms with Crippen LogP contribution < -0.4 is 10.6 Å². The van der Waals surface area contributed by atoms with Crippen molar-refractivity contribution in [1.29, 1.82) is 0 Å². The van der Waals surface area contributed by atoms with Gasteiger partial charge in [-0.25, -0.2) is 0 Å². The number of benzene rings is 1. The molecule has 1 aromatic carbocycles. The van der Waals surface area contributed by atoms with Gasteiger partial charge in [0, 0.05) is 35.2 Å². The fourth-order valence-corrected chi connectivity index (χ4v) is 3.16. The van der Waals surface area contributed by atoms with E-state index >= 15 is 0 Å². The number of fused-ring (bicyclic) bond motifs is 1. The third kappa shape index (κ3) is 4.88. The van der Waals surface area contributed by atoms with E-state index in [1.54, 1.807) is 0 Å². The number of aromatic nitrogens is 1. The van der Waals surface area contributed by atoms with Gasteiger partial charge in [-0.15, -0.1) is 24.8 Å². The monoisotopic (exact) mass is 371 g/mol. The second-order valence-corrected chi connectivity index (χ2v) is 6.65. The lowest BCUT2D eigenvalue weighted by molar-refractivity contribution is -0.120. The number of nitrogens with zero attached hydrogens (tertiary/aromatic N) is 1. The predicted molar refractivity (Wildman–Crippen MR) is 105 cm³/mol. The van der Waals surface area contributed by atoms with Gasteiger partial charge in [0.1, 0.15) is 0 Å². The van der Waals surface area contributed by atoms with Crippen LogP contribution in [0.1, 0.15) is 26.7 Å². The minimum Gasteiger partial charge on any atom is -0.347 e. The van der Waals surface area contributed by atoms with Gasteiger partial charge >= 0.3 is 0 Å². The molecule has 6 heteroatoms. The maximum atomic E-state index is 12.3. The number of halogens is 2. The molecule has 2 aromatic rings. The minimum atomic E-state index is 0. The van der Waals surface area contributed by atoms with E-state index in [0.717, 1.165) is 38.2 Å². The van der Waals surface area contributed by atoms with Crippen LogP contribution in [0.5, 0.6) is 0 Å². The van der Waals surface area contributed by atoms with Crippen molar-refractivity contribution >= 4 is 47.3 Å². The number of carbonyl (C=O) groups is 1. The van der Waals surface area contributed by atoms with Gasteiger partial charge in [-0.05, 0) is 56.1 Å². The summed E-state index contributed by atoms with van der Waals surface area (Å²) in [6, 6.07) is 8.32. The molecule has 0 saturated carbocycles. The Kier molecular flexibility index (Phi) is 8.07. The molecule has 0 radical (unpaired) electrons. The van der Waals surface area contributed by atoms with Crippen LogP contribution in [0.4, 0.5) is 5.69 Å². The smallest absolute Gasteiger partial charge is 0.227 e. The van der Waals surface area contributed by atoms with Gasteiger partial charge in [0.15, 0.2) is 0 Å². The van der Waals surface area contributed by atoms with Gasteiger partial charge in [-0.2, -0.15) is 0 Å². The first-order valence-corrected chi connectivity index (χ1v) is 8.24. The summed E-state index contributed by atoms with van der Waals surface area (Å²) < 4.78 is 2.28. The van der Waals surface area contributed by atoms with Gasteiger partial charge in [0.05, 0.1) is 0 Å². The SMILES string of the molecule is CC(C)Cn1ccc2cc(NC(=O)C3CCNCC3)ccc21.Cl.Cl. The molecule has 0 aliphatic carbocycles. The average molecular weight is 372 g/mol. The van der Waals surface area contributed by atoms with E-state index < -0.39 is 0 Å². The van der Waals surface area contributed by atoms with Crippen molar-refractivity contribution in [1.82, 2.24) is 9.88 Å². The van der Waals surface area contributed by atoms with Crippen molar-refractivity contribution in [2.45, 2.75) is 33.2 Å². The van der Waals surface area contributed by atoms with Crippen molar-refractivity contribution in [3.8, 4) is 0 Å². The first-order valence-electron chi connectivity index (χ1n) is 8.24. The zero-order chi connectivity index (χ0) is 15.5. The van der Waals surface area contributed by atoms with Crippen LogP contribution in [0.15, 0.2) is 30.5 Å². The Hall–Kier alpha value is -1.23. The Bertz CT molecular complexity index is 663. The minimum absolute atomic E-state index is 0. The molecule has 2 N–H and O–H groups in total. The summed E-state index contributed by atoms with van der Waals surface area (Å²) in [5.41, 5.74) is 2.13. The zero-order valence-corrected chi connectivity index (χ0v) is 15.9. The summed E-state index contributed by atoms with van der Waals surface area (Å²) in [7, 11) is 0. The van der Waals surface area contributed by atoms with Crippen LogP contribution in [0.25, 0.3) is 10.9 Å². The van der Waals surface area contributed by atoms with Gasteiger partial charge in [-0.1, -0.05) is 13.8 Å². The van der Waals surface area contributed by atoms with Crippen LogP contribution in [0.2, 0.25) is 0 Å². The van der Waals surface area contributed by atoms with Crippen LogP contribution >= 0.6 is 24.8 Å². The number of carbonyl (C=O) groups excluding carboxylic acids is 1. The summed E-state index contributed by atoms with van der Waals surface area (Å²) in [5, 5.41) is 7.55. The first-order chi connectivity index (χ1) is 10.6. The highest BCUT2D eigenvalue weighted by atomic mass is 35.5. The van der Waals surface area contributed by atoms with E-state index in [4.69, 9.17) is 0 Å². The predicted octanol–water partition coefficient (Wildman–Crippen LogP) is 4.08.